The summed E-state index contributed by atoms with van der Waals surface area (Å²) in [5.41, 5.74) is 0. The van der Waals surface area contributed by atoms with Gasteiger partial charge in [0, 0.05) is 12.8 Å². The summed E-state index contributed by atoms with van der Waals surface area (Å²) >= 11 is 0. The van der Waals surface area contributed by atoms with Gasteiger partial charge in [-0.25, -0.2) is 4.57 Å². The van der Waals surface area contributed by atoms with Crippen LogP contribution in [0.3, 0.4) is 0 Å². The van der Waals surface area contributed by atoms with Gasteiger partial charge in [0.25, 0.3) is 0 Å². The van der Waals surface area contributed by atoms with Crippen molar-refractivity contribution in [3.8, 4) is 0 Å². The number of quaternary nitrogens is 1. The molecular formula is C81H144N2O7P+. The van der Waals surface area contributed by atoms with Crippen LogP contribution in [0.2, 0.25) is 0 Å². The molecule has 0 bridgehead atoms. The molecule has 0 saturated heterocycles. The van der Waals surface area contributed by atoms with Crippen LogP contribution in [0.1, 0.15) is 329 Å². The van der Waals surface area contributed by atoms with Crippen molar-refractivity contribution in [1.29, 1.82) is 0 Å². The van der Waals surface area contributed by atoms with Crippen molar-refractivity contribution in [2.24, 2.45) is 0 Å². The minimum Gasteiger partial charge on any atom is -0.456 e. The first-order valence-electron chi connectivity index (χ1n) is 37.9. The molecule has 0 aliphatic rings. The predicted molar refractivity (Wildman–Crippen MR) is 396 cm³/mol. The SMILES string of the molecule is CC/C=C\C/C=C\C/C=C\C/C=C\C/C=C\CCCCCCCCCCCC(=O)NC(COP(=O)(O)OCC[N+](C)(C)C)C(/C=C/CCCCCCCCCCCCC)OC(=O)CCCCCCCCCCCCC/C=C\C/C=C\C/C=C\C/C=C\CCCCC. The van der Waals surface area contributed by atoms with Crippen LogP contribution in [0.15, 0.2) is 122 Å². The number of hydrogen-bond acceptors (Lipinski definition) is 6. The van der Waals surface area contributed by atoms with Gasteiger partial charge in [0.05, 0.1) is 33.8 Å². The number of allylic oxidation sites excluding steroid dienone is 19. The average Bonchev–Trinajstić information content (AvgIpc) is 3.73. The highest BCUT2D eigenvalue weighted by atomic mass is 31.2. The fraction of sp³-hybridized carbons (Fsp3) is 0.728. The molecule has 0 spiro atoms. The zero-order valence-electron chi connectivity index (χ0n) is 60.1. The van der Waals surface area contributed by atoms with Gasteiger partial charge in [-0.3, -0.25) is 18.6 Å². The standard InChI is InChI=1S/C81H143N2O7P/c1-7-10-13-16-19-22-25-28-30-32-34-36-38-40-41-43-45-47-49-51-53-56-59-62-65-68-71-74-81(85)90-79(72-69-66-63-60-57-54-27-24-21-18-15-12-9-3)78(77-89-91(86,87)88-76-75-83(4,5)6)82-80(84)73-70-67-64-61-58-55-52-50-48-46-44-42-39-37-35-33-31-29-26-23-20-17-14-11-8-2/h11,14,19-20,22-23,28-31,34-37,40-42,44,69,72,78-79H,7-10,12-13,15-18,21,24-27,32-33,38-39,43,45-68,70-71,73-77H2,1-6H3,(H-,82,84,86,87)/p+1/b14-11-,22-19-,23-20-,30-28-,31-29-,36-34-,37-35-,41-40-,44-42-,72-69+. The van der Waals surface area contributed by atoms with Gasteiger partial charge in [0.1, 0.15) is 19.3 Å². The zero-order chi connectivity index (χ0) is 66.3. The van der Waals surface area contributed by atoms with E-state index in [1.807, 2.05) is 33.3 Å². The topological polar surface area (TPSA) is 111 Å². The number of phosphoric ester groups is 1. The molecule has 0 aliphatic heterocycles. The number of phosphoric acid groups is 1. The summed E-state index contributed by atoms with van der Waals surface area (Å²) < 4.78 is 30.9. The zero-order valence-corrected chi connectivity index (χ0v) is 60.9. The van der Waals surface area contributed by atoms with Crippen molar-refractivity contribution in [2.45, 2.75) is 341 Å². The van der Waals surface area contributed by atoms with Gasteiger partial charge >= 0.3 is 13.8 Å². The van der Waals surface area contributed by atoms with Gasteiger partial charge in [-0.05, 0) is 122 Å². The highest BCUT2D eigenvalue weighted by molar-refractivity contribution is 7.47. The average molecular weight is 1290 g/mol. The first-order valence-corrected chi connectivity index (χ1v) is 39.4. The van der Waals surface area contributed by atoms with Gasteiger partial charge in [-0.1, -0.05) is 316 Å². The van der Waals surface area contributed by atoms with Gasteiger partial charge < -0.3 is 19.4 Å². The summed E-state index contributed by atoms with van der Waals surface area (Å²) in [6.45, 7) is 6.89. The second kappa shape index (κ2) is 69.2. The van der Waals surface area contributed by atoms with E-state index in [1.54, 1.807) is 0 Å². The molecule has 0 aliphatic carbocycles. The number of unbranched alkanes of at least 4 members (excludes halogenated alkanes) is 34. The van der Waals surface area contributed by atoms with Crippen molar-refractivity contribution in [1.82, 2.24) is 5.32 Å². The van der Waals surface area contributed by atoms with Crippen molar-refractivity contribution in [2.75, 3.05) is 40.9 Å². The molecule has 9 nitrogen and oxygen atoms in total. The van der Waals surface area contributed by atoms with Crippen molar-refractivity contribution < 1.29 is 37.3 Å². The highest BCUT2D eigenvalue weighted by Crippen LogP contribution is 2.43. The monoisotopic (exact) mass is 1290 g/mol. The maximum Gasteiger partial charge on any atom is 0.472 e. The number of ether oxygens (including phenoxy) is 1. The molecule has 0 aromatic carbocycles. The molecule has 0 aromatic rings. The molecular weight excluding hydrogens is 1140 g/mol. The third kappa shape index (κ3) is 70.6. The van der Waals surface area contributed by atoms with Crippen molar-refractivity contribution in [3.63, 3.8) is 0 Å². The van der Waals surface area contributed by atoms with Gasteiger partial charge in [-0.15, -0.1) is 0 Å². The molecule has 0 heterocycles. The van der Waals surface area contributed by atoms with E-state index in [9.17, 15) is 19.0 Å². The molecule has 0 radical (unpaired) electrons. The Morgan fingerprint density at radius 1 is 0.396 bits per heavy atom. The van der Waals surface area contributed by atoms with Crippen LogP contribution in [0.25, 0.3) is 0 Å². The largest absolute Gasteiger partial charge is 0.472 e. The van der Waals surface area contributed by atoms with E-state index in [4.69, 9.17) is 13.8 Å². The van der Waals surface area contributed by atoms with Gasteiger partial charge in [0.15, 0.2) is 0 Å². The van der Waals surface area contributed by atoms with Gasteiger partial charge in [-0.2, -0.15) is 0 Å². The predicted octanol–water partition coefficient (Wildman–Crippen LogP) is 24.6. The Morgan fingerprint density at radius 3 is 1.08 bits per heavy atom. The summed E-state index contributed by atoms with van der Waals surface area (Å²) in [5.74, 6) is -0.513. The highest BCUT2D eigenvalue weighted by Gasteiger charge is 2.30. The summed E-state index contributed by atoms with van der Waals surface area (Å²) in [4.78, 5) is 38.0. The molecule has 0 rings (SSSR count). The Hall–Kier alpha value is -3.59. The van der Waals surface area contributed by atoms with E-state index in [1.165, 1.54) is 173 Å². The number of nitrogens with zero attached hydrogens (tertiary/aromatic N) is 1. The van der Waals surface area contributed by atoms with Crippen LogP contribution in [0.5, 0.6) is 0 Å². The second-order valence-electron chi connectivity index (χ2n) is 26.4. The second-order valence-corrected chi connectivity index (χ2v) is 27.9. The van der Waals surface area contributed by atoms with E-state index in [2.05, 4.69) is 135 Å². The van der Waals surface area contributed by atoms with Crippen LogP contribution in [-0.2, 0) is 27.9 Å². The fourth-order valence-electron chi connectivity index (χ4n) is 10.6. The third-order valence-corrected chi connectivity index (χ3v) is 17.4. The van der Waals surface area contributed by atoms with Crippen LogP contribution in [-0.4, -0.2) is 74.3 Å². The number of nitrogens with one attached hydrogen (secondary N) is 1. The molecule has 91 heavy (non-hydrogen) atoms. The summed E-state index contributed by atoms with van der Waals surface area (Å²) in [5, 5.41) is 3.07. The quantitative estimate of drug-likeness (QED) is 0.0205. The Kier molecular flexibility index (Phi) is 66.5. The number of carbonyl (C=O) groups is 2. The van der Waals surface area contributed by atoms with Crippen molar-refractivity contribution in [3.05, 3.63) is 122 Å². The lowest BCUT2D eigenvalue weighted by Gasteiger charge is -2.27. The molecule has 10 heteroatoms. The van der Waals surface area contributed by atoms with Crippen LogP contribution < -0.4 is 5.32 Å². The van der Waals surface area contributed by atoms with E-state index < -0.39 is 20.0 Å². The van der Waals surface area contributed by atoms with Crippen LogP contribution in [0, 0.1) is 0 Å². The first-order chi connectivity index (χ1) is 44.4. The van der Waals surface area contributed by atoms with Crippen LogP contribution in [0.4, 0.5) is 0 Å². The minimum atomic E-state index is -4.47. The number of esters is 1. The maximum atomic E-state index is 13.7. The fourth-order valence-corrected chi connectivity index (χ4v) is 11.3. The van der Waals surface area contributed by atoms with E-state index in [0.29, 0.717) is 17.4 Å². The normalized spacial score (nSPS) is 14.1. The van der Waals surface area contributed by atoms with E-state index in [0.717, 1.165) is 122 Å². The Balaban J connectivity index is 5.07. The maximum absolute atomic E-state index is 13.7. The van der Waals surface area contributed by atoms with E-state index in [-0.39, 0.29) is 31.5 Å². The number of hydrogen-bond donors (Lipinski definition) is 2. The lowest BCUT2D eigenvalue weighted by atomic mass is 10.0. The van der Waals surface area contributed by atoms with E-state index >= 15 is 0 Å². The Labute approximate surface area is 563 Å². The number of likely N-dealkylation sites (N-methyl/N-ethyl adjacent to an activating group) is 1. The molecule has 1 amide bonds. The van der Waals surface area contributed by atoms with Crippen LogP contribution >= 0.6 is 7.82 Å². The summed E-state index contributed by atoms with van der Waals surface area (Å²) in [6.07, 6.45) is 97.8. The number of carbonyl (C=O) groups excluding carboxylic acids is 2. The number of rotatable bonds is 68. The van der Waals surface area contributed by atoms with Crippen molar-refractivity contribution >= 4 is 19.7 Å². The smallest absolute Gasteiger partial charge is 0.456 e. The first kappa shape index (κ1) is 87.4. The lowest BCUT2D eigenvalue weighted by molar-refractivity contribution is -0.870. The molecule has 3 atom stereocenters. The third-order valence-electron chi connectivity index (χ3n) is 16.4. The summed E-state index contributed by atoms with van der Waals surface area (Å²) in [6, 6.07) is -0.862. The number of amides is 1. The lowest BCUT2D eigenvalue weighted by Crippen LogP contribution is -2.47. The Bertz CT molecular complexity index is 1970. The molecule has 0 saturated carbocycles. The molecule has 524 valence electrons. The molecule has 2 N–H and O–H groups in total. The molecule has 0 fully saturated rings. The van der Waals surface area contributed by atoms with Gasteiger partial charge in [0.2, 0.25) is 5.91 Å². The molecule has 3 unspecified atom stereocenters. The molecule has 0 aromatic heterocycles. The minimum absolute atomic E-state index is 0.0334. The summed E-state index contributed by atoms with van der Waals surface area (Å²) in [7, 11) is 1.48. The Morgan fingerprint density at radius 2 is 0.703 bits per heavy atom.